The Hall–Kier alpha value is -2.57. The van der Waals surface area contributed by atoms with Crippen molar-refractivity contribution >= 4 is 17.8 Å². The molecule has 2 aliphatic heterocycles. The highest BCUT2D eigenvalue weighted by Crippen LogP contribution is 2.41. The van der Waals surface area contributed by atoms with Crippen molar-refractivity contribution in [2.75, 3.05) is 19.6 Å². The van der Waals surface area contributed by atoms with Gasteiger partial charge >= 0.3 is 5.97 Å². The zero-order valence-corrected chi connectivity index (χ0v) is 15.8. The molecular weight excluding hydrogens is 348 g/mol. The van der Waals surface area contributed by atoms with Crippen LogP contribution in [0.25, 0.3) is 0 Å². The summed E-state index contributed by atoms with van der Waals surface area (Å²) in [5.74, 6) is -0.983. The Kier molecular flexibility index (Phi) is 5.13. The third kappa shape index (κ3) is 3.77. The fourth-order valence-electron chi connectivity index (χ4n) is 4.09. The van der Waals surface area contributed by atoms with Crippen LogP contribution in [-0.2, 0) is 9.59 Å². The van der Waals surface area contributed by atoms with Gasteiger partial charge < -0.3 is 20.0 Å². The number of carbonyl (C=O) groups is 3. The first-order valence-electron chi connectivity index (χ1n) is 9.34. The van der Waals surface area contributed by atoms with Crippen molar-refractivity contribution in [2.45, 2.75) is 45.6 Å². The number of phenolic OH excluding ortho intramolecular Hbond substituents is 1. The molecule has 0 saturated carbocycles. The Morgan fingerprint density at radius 2 is 1.85 bits per heavy atom. The third-order valence-corrected chi connectivity index (χ3v) is 6.08. The second kappa shape index (κ2) is 7.21. The van der Waals surface area contributed by atoms with E-state index in [1.54, 1.807) is 30.9 Å². The lowest BCUT2D eigenvalue weighted by Crippen LogP contribution is -2.55. The average molecular weight is 374 g/mol. The predicted molar refractivity (Wildman–Crippen MR) is 98.5 cm³/mol. The van der Waals surface area contributed by atoms with Crippen LogP contribution in [0.15, 0.2) is 18.2 Å². The van der Waals surface area contributed by atoms with E-state index >= 15 is 0 Å². The Balaban J connectivity index is 1.67. The zero-order valence-electron chi connectivity index (χ0n) is 15.8. The SMILES string of the molecule is Cc1cc(C(=O)N2CCC3(CCC(=O)N(C(C)C(=O)O)C3)CC2)ccc1O. The van der Waals surface area contributed by atoms with Crippen LogP contribution in [0, 0.1) is 12.3 Å². The molecule has 2 fully saturated rings. The van der Waals surface area contributed by atoms with Crippen LogP contribution >= 0.6 is 0 Å². The minimum atomic E-state index is -0.990. The Morgan fingerprint density at radius 1 is 1.19 bits per heavy atom. The maximum absolute atomic E-state index is 12.8. The highest BCUT2D eigenvalue weighted by Gasteiger charge is 2.43. The molecule has 3 rings (SSSR count). The van der Waals surface area contributed by atoms with Crippen LogP contribution in [0.5, 0.6) is 5.75 Å². The number of hydrogen-bond donors (Lipinski definition) is 2. The molecule has 7 nitrogen and oxygen atoms in total. The molecule has 2 heterocycles. The van der Waals surface area contributed by atoms with Crippen molar-refractivity contribution in [3.8, 4) is 5.75 Å². The van der Waals surface area contributed by atoms with Crippen molar-refractivity contribution in [1.29, 1.82) is 0 Å². The van der Waals surface area contributed by atoms with Gasteiger partial charge in [-0.25, -0.2) is 4.79 Å². The summed E-state index contributed by atoms with van der Waals surface area (Å²) in [6, 6.07) is 4.03. The van der Waals surface area contributed by atoms with Gasteiger partial charge in [-0.3, -0.25) is 9.59 Å². The molecule has 7 heteroatoms. The third-order valence-electron chi connectivity index (χ3n) is 6.08. The van der Waals surface area contributed by atoms with Crippen molar-refractivity contribution in [1.82, 2.24) is 9.80 Å². The number of carbonyl (C=O) groups excluding carboxylic acids is 2. The number of aliphatic carboxylic acids is 1. The summed E-state index contributed by atoms with van der Waals surface area (Å²) in [7, 11) is 0. The Bertz CT molecular complexity index is 768. The molecule has 0 radical (unpaired) electrons. The molecule has 2 saturated heterocycles. The lowest BCUT2D eigenvalue weighted by Gasteiger charge is -2.48. The number of likely N-dealkylation sites (tertiary alicyclic amines) is 2. The van der Waals surface area contributed by atoms with Crippen LogP contribution in [0.1, 0.15) is 48.5 Å². The van der Waals surface area contributed by atoms with Gasteiger partial charge in [0, 0.05) is 31.6 Å². The molecule has 0 aliphatic carbocycles. The summed E-state index contributed by atoms with van der Waals surface area (Å²) in [6.07, 6.45) is 2.62. The summed E-state index contributed by atoms with van der Waals surface area (Å²) in [4.78, 5) is 39.5. The van der Waals surface area contributed by atoms with Gasteiger partial charge in [-0.1, -0.05) is 0 Å². The molecule has 1 aromatic carbocycles. The number of carboxylic acids is 1. The van der Waals surface area contributed by atoms with E-state index in [9.17, 15) is 24.6 Å². The molecular formula is C20H26N2O5. The lowest BCUT2D eigenvalue weighted by molar-refractivity contribution is -0.154. The molecule has 27 heavy (non-hydrogen) atoms. The molecule has 146 valence electrons. The molecule has 0 bridgehead atoms. The van der Waals surface area contributed by atoms with Crippen molar-refractivity contribution in [3.05, 3.63) is 29.3 Å². The monoisotopic (exact) mass is 374 g/mol. The van der Waals surface area contributed by atoms with E-state index < -0.39 is 12.0 Å². The first-order chi connectivity index (χ1) is 12.7. The molecule has 2 amide bonds. The fourth-order valence-corrected chi connectivity index (χ4v) is 4.09. The molecule has 1 spiro atoms. The number of hydrogen-bond acceptors (Lipinski definition) is 4. The van der Waals surface area contributed by atoms with Gasteiger partial charge in [0.05, 0.1) is 0 Å². The van der Waals surface area contributed by atoms with E-state index in [2.05, 4.69) is 0 Å². The van der Waals surface area contributed by atoms with E-state index in [1.807, 2.05) is 0 Å². The van der Waals surface area contributed by atoms with E-state index in [0.717, 1.165) is 19.3 Å². The van der Waals surface area contributed by atoms with Crippen LogP contribution < -0.4 is 0 Å². The normalized spacial score (nSPS) is 20.6. The first-order valence-corrected chi connectivity index (χ1v) is 9.34. The van der Waals surface area contributed by atoms with Gasteiger partial charge in [0.15, 0.2) is 0 Å². The van der Waals surface area contributed by atoms with E-state index in [-0.39, 0.29) is 23.0 Å². The summed E-state index contributed by atoms with van der Waals surface area (Å²) < 4.78 is 0. The number of aryl methyl sites for hydroxylation is 1. The van der Waals surface area contributed by atoms with Gasteiger partial charge in [-0.15, -0.1) is 0 Å². The average Bonchev–Trinajstić information content (AvgIpc) is 2.65. The summed E-state index contributed by atoms with van der Waals surface area (Å²) in [5.41, 5.74) is 1.11. The van der Waals surface area contributed by atoms with E-state index in [4.69, 9.17) is 0 Å². The van der Waals surface area contributed by atoms with Gasteiger partial charge in [0.1, 0.15) is 11.8 Å². The molecule has 0 aromatic heterocycles. The fraction of sp³-hybridized carbons (Fsp3) is 0.550. The van der Waals surface area contributed by atoms with Gasteiger partial charge in [0.2, 0.25) is 5.91 Å². The Morgan fingerprint density at radius 3 is 2.44 bits per heavy atom. The lowest BCUT2D eigenvalue weighted by atomic mass is 9.72. The van der Waals surface area contributed by atoms with E-state index in [0.29, 0.717) is 37.2 Å². The number of carboxylic acid groups (broad SMARTS) is 1. The number of phenols is 1. The standard InChI is InChI=1S/C20H26N2O5/c1-13-11-15(3-4-16(13)23)18(25)21-9-7-20(8-10-21)6-5-17(24)22(12-20)14(2)19(26)27/h3-4,11,14,23H,5-10,12H2,1-2H3,(H,26,27). The van der Waals surface area contributed by atoms with Crippen molar-refractivity contribution in [3.63, 3.8) is 0 Å². The van der Waals surface area contributed by atoms with Crippen LogP contribution in [0.4, 0.5) is 0 Å². The van der Waals surface area contributed by atoms with Crippen molar-refractivity contribution in [2.24, 2.45) is 5.41 Å². The van der Waals surface area contributed by atoms with Crippen molar-refractivity contribution < 1.29 is 24.6 Å². The zero-order chi connectivity index (χ0) is 19.8. The Labute approximate surface area is 158 Å². The molecule has 1 atom stereocenters. The number of amides is 2. The number of nitrogens with zero attached hydrogens (tertiary/aromatic N) is 2. The number of rotatable bonds is 3. The molecule has 2 N–H and O–H groups in total. The maximum Gasteiger partial charge on any atom is 0.326 e. The first kappa shape index (κ1) is 19.2. The highest BCUT2D eigenvalue weighted by molar-refractivity contribution is 5.94. The predicted octanol–water partition coefficient (Wildman–Crippen LogP) is 2.02. The minimum absolute atomic E-state index is 0.0596. The second-order valence-corrected chi connectivity index (χ2v) is 7.83. The van der Waals surface area contributed by atoms with Crippen LogP contribution in [0.2, 0.25) is 0 Å². The van der Waals surface area contributed by atoms with Gasteiger partial charge in [-0.2, -0.15) is 0 Å². The minimum Gasteiger partial charge on any atom is -0.508 e. The molecule has 1 unspecified atom stereocenters. The number of piperidine rings is 2. The molecule has 2 aliphatic rings. The quantitative estimate of drug-likeness (QED) is 0.843. The van der Waals surface area contributed by atoms with Crippen LogP contribution in [-0.4, -0.2) is 63.5 Å². The maximum atomic E-state index is 12.8. The van der Waals surface area contributed by atoms with Gasteiger partial charge in [-0.05, 0) is 62.3 Å². The number of aromatic hydroxyl groups is 1. The van der Waals surface area contributed by atoms with Crippen LogP contribution in [0.3, 0.4) is 0 Å². The number of benzene rings is 1. The largest absolute Gasteiger partial charge is 0.508 e. The second-order valence-electron chi connectivity index (χ2n) is 7.83. The van der Waals surface area contributed by atoms with E-state index in [1.165, 1.54) is 11.0 Å². The highest BCUT2D eigenvalue weighted by atomic mass is 16.4. The topological polar surface area (TPSA) is 98.2 Å². The summed E-state index contributed by atoms with van der Waals surface area (Å²) >= 11 is 0. The molecule has 1 aromatic rings. The summed E-state index contributed by atoms with van der Waals surface area (Å²) in [6.45, 7) is 4.92. The summed E-state index contributed by atoms with van der Waals surface area (Å²) in [5, 5.41) is 18.9. The van der Waals surface area contributed by atoms with Gasteiger partial charge in [0.25, 0.3) is 5.91 Å². The smallest absolute Gasteiger partial charge is 0.326 e.